The molecule has 5 nitrogen and oxygen atoms in total. The fraction of sp³-hybridized carbons (Fsp3) is 0.667. The summed E-state index contributed by atoms with van der Waals surface area (Å²) in [6.45, 7) is 13.6. The van der Waals surface area contributed by atoms with Gasteiger partial charge in [0.15, 0.2) is 0 Å². The molecule has 5 heteroatoms. The van der Waals surface area contributed by atoms with Crippen LogP contribution in [0.5, 0.6) is 0 Å². The second kappa shape index (κ2) is 9.29. The van der Waals surface area contributed by atoms with Crippen molar-refractivity contribution >= 4 is 11.8 Å². The number of carbonyl (C=O) groups excluding carboxylic acids is 2. The van der Waals surface area contributed by atoms with E-state index in [2.05, 4.69) is 60.9 Å². The number of carbonyl (C=O) groups is 2. The van der Waals surface area contributed by atoms with E-state index in [0.29, 0.717) is 18.2 Å². The Morgan fingerprint density at radius 1 is 1.00 bits per heavy atom. The minimum Gasteiger partial charge on any atom is -0.343 e. The molecule has 1 aromatic carbocycles. The summed E-state index contributed by atoms with van der Waals surface area (Å²) in [7, 11) is 0. The van der Waals surface area contributed by atoms with Gasteiger partial charge in [-0.05, 0) is 29.7 Å². The van der Waals surface area contributed by atoms with Crippen LogP contribution in [0.1, 0.15) is 52.5 Å². The Morgan fingerprint density at radius 3 is 2.24 bits per heavy atom. The number of hydrogen-bond acceptors (Lipinski definition) is 3. The van der Waals surface area contributed by atoms with Crippen LogP contribution in [0.3, 0.4) is 0 Å². The van der Waals surface area contributed by atoms with Crippen molar-refractivity contribution < 1.29 is 9.59 Å². The first-order valence-electron chi connectivity index (χ1n) is 11.1. The average molecular weight is 400 g/mol. The van der Waals surface area contributed by atoms with E-state index in [9.17, 15) is 9.59 Å². The summed E-state index contributed by atoms with van der Waals surface area (Å²) < 4.78 is 0. The molecule has 2 saturated heterocycles. The van der Waals surface area contributed by atoms with Crippen LogP contribution in [0.25, 0.3) is 0 Å². The quantitative estimate of drug-likeness (QED) is 0.779. The Labute approximate surface area is 176 Å². The zero-order valence-electron chi connectivity index (χ0n) is 18.6. The normalized spacial score (nSPS) is 22.0. The summed E-state index contributed by atoms with van der Waals surface area (Å²) in [4.78, 5) is 31.3. The summed E-state index contributed by atoms with van der Waals surface area (Å²) >= 11 is 0. The Hall–Kier alpha value is -1.88. The highest BCUT2D eigenvalue weighted by molar-refractivity contribution is 5.77. The first-order chi connectivity index (χ1) is 13.7. The van der Waals surface area contributed by atoms with Gasteiger partial charge in [0.25, 0.3) is 0 Å². The molecule has 2 aliphatic rings. The summed E-state index contributed by atoms with van der Waals surface area (Å²) in [5, 5.41) is 0. The Morgan fingerprint density at radius 2 is 1.66 bits per heavy atom. The molecule has 1 atom stereocenters. The highest BCUT2D eigenvalue weighted by atomic mass is 16.2. The van der Waals surface area contributed by atoms with Crippen molar-refractivity contribution in [1.29, 1.82) is 0 Å². The smallest absolute Gasteiger partial charge is 0.223 e. The van der Waals surface area contributed by atoms with E-state index in [1.807, 2.05) is 4.90 Å². The maximum atomic E-state index is 13.2. The Kier molecular flexibility index (Phi) is 6.99. The van der Waals surface area contributed by atoms with Crippen LogP contribution in [0.4, 0.5) is 0 Å². The molecule has 2 heterocycles. The first kappa shape index (κ1) is 21.8. The van der Waals surface area contributed by atoms with Crippen molar-refractivity contribution in [2.24, 2.45) is 11.3 Å². The minimum absolute atomic E-state index is 0.0447. The third-order valence-corrected chi connectivity index (χ3v) is 6.56. The lowest BCUT2D eigenvalue weighted by atomic mass is 9.83. The largest absolute Gasteiger partial charge is 0.343 e. The topological polar surface area (TPSA) is 43.9 Å². The predicted molar refractivity (Wildman–Crippen MR) is 116 cm³/mol. The SMILES string of the molecule is CC(=O)N1CCC(CC(=O)N2CCN(Cc3ccccc3)C[C@@H]2C(C)(C)C)CC1. The van der Waals surface area contributed by atoms with E-state index >= 15 is 0 Å². The van der Waals surface area contributed by atoms with Crippen LogP contribution in [-0.2, 0) is 16.1 Å². The van der Waals surface area contributed by atoms with E-state index < -0.39 is 0 Å². The predicted octanol–water partition coefficient (Wildman–Crippen LogP) is 3.39. The van der Waals surface area contributed by atoms with Crippen LogP contribution in [-0.4, -0.2) is 65.3 Å². The second-order valence-corrected chi connectivity index (χ2v) is 9.84. The first-order valence-corrected chi connectivity index (χ1v) is 11.1. The van der Waals surface area contributed by atoms with Crippen molar-refractivity contribution in [1.82, 2.24) is 14.7 Å². The lowest BCUT2D eigenvalue weighted by Crippen LogP contribution is -2.59. The molecule has 0 unspecified atom stereocenters. The van der Waals surface area contributed by atoms with E-state index in [1.54, 1.807) is 6.92 Å². The van der Waals surface area contributed by atoms with Crippen molar-refractivity contribution in [3.63, 3.8) is 0 Å². The van der Waals surface area contributed by atoms with Crippen LogP contribution in [0.2, 0.25) is 0 Å². The number of benzene rings is 1. The van der Waals surface area contributed by atoms with Crippen molar-refractivity contribution in [2.45, 2.75) is 59.5 Å². The zero-order valence-corrected chi connectivity index (χ0v) is 18.6. The van der Waals surface area contributed by atoms with E-state index in [0.717, 1.165) is 52.1 Å². The van der Waals surface area contributed by atoms with Crippen molar-refractivity contribution in [3.05, 3.63) is 35.9 Å². The Balaban J connectivity index is 1.59. The van der Waals surface area contributed by atoms with Gasteiger partial charge >= 0.3 is 0 Å². The molecule has 0 aromatic heterocycles. The van der Waals surface area contributed by atoms with Gasteiger partial charge in [-0.1, -0.05) is 51.1 Å². The molecule has 0 spiro atoms. The molecule has 160 valence electrons. The molecule has 2 aliphatic heterocycles. The molecule has 2 fully saturated rings. The van der Waals surface area contributed by atoms with Crippen LogP contribution in [0, 0.1) is 11.3 Å². The van der Waals surface area contributed by atoms with Gasteiger partial charge in [-0.3, -0.25) is 14.5 Å². The standard InChI is InChI=1S/C24H37N3O2/c1-19(28)26-12-10-20(11-13-26)16-23(29)27-15-14-25(18-22(27)24(2,3)4)17-21-8-6-5-7-9-21/h5-9,20,22H,10-18H2,1-4H3/t22-/m1/s1. The maximum Gasteiger partial charge on any atom is 0.223 e. The molecule has 0 bridgehead atoms. The number of piperidine rings is 1. The van der Waals surface area contributed by atoms with Gasteiger partial charge in [-0.15, -0.1) is 0 Å². The fourth-order valence-corrected chi connectivity index (χ4v) is 4.68. The average Bonchev–Trinajstić information content (AvgIpc) is 2.68. The number of hydrogen-bond donors (Lipinski definition) is 0. The minimum atomic E-state index is 0.0447. The molecule has 0 aliphatic carbocycles. The molecule has 3 rings (SSSR count). The van der Waals surface area contributed by atoms with Gasteiger partial charge in [0.1, 0.15) is 0 Å². The van der Waals surface area contributed by atoms with Gasteiger partial charge in [0.05, 0.1) is 0 Å². The van der Waals surface area contributed by atoms with Crippen molar-refractivity contribution in [3.8, 4) is 0 Å². The third-order valence-electron chi connectivity index (χ3n) is 6.56. The number of nitrogens with zero attached hydrogens (tertiary/aromatic N) is 3. The summed E-state index contributed by atoms with van der Waals surface area (Å²) in [5.74, 6) is 0.851. The molecule has 0 radical (unpaired) electrons. The zero-order chi connectivity index (χ0) is 21.0. The molecule has 1 aromatic rings. The molecule has 0 N–H and O–H groups in total. The molecule has 29 heavy (non-hydrogen) atoms. The lowest BCUT2D eigenvalue weighted by Gasteiger charge is -2.48. The van der Waals surface area contributed by atoms with E-state index in [4.69, 9.17) is 0 Å². The summed E-state index contributed by atoms with van der Waals surface area (Å²) in [6.07, 6.45) is 2.51. The van der Waals surface area contributed by atoms with Gasteiger partial charge in [-0.2, -0.15) is 0 Å². The number of likely N-dealkylation sites (tertiary alicyclic amines) is 1. The van der Waals surface area contributed by atoms with E-state index in [1.165, 1.54) is 5.56 Å². The molecular formula is C24H37N3O2. The maximum absolute atomic E-state index is 13.2. The van der Waals surface area contributed by atoms with Gasteiger partial charge < -0.3 is 9.80 Å². The monoisotopic (exact) mass is 399 g/mol. The number of rotatable bonds is 4. The van der Waals surface area contributed by atoms with Gasteiger partial charge in [0.2, 0.25) is 11.8 Å². The second-order valence-electron chi connectivity index (χ2n) is 9.84. The molecule has 0 saturated carbocycles. The summed E-state index contributed by atoms with van der Waals surface area (Å²) in [6, 6.07) is 10.8. The van der Waals surface area contributed by atoms with Crippen LogP contribution >= 0.6 is 0 Å². The number of amides is 2. The van der Waals surface area contributed by atoms with Gasteiger partial charge in [-0.25, -0.2) is 0 Å². The molecule has 2 amide bonds. The Bertz CT molecular complexity index is 690. The molecular weight excluding hydrogens is 362 g/mol. The van der Waals surface area contributed by atoms with Gasteiger partial charge in [0, 0.05) is 58.7 Å². The number of piperazine rings is 1. The highest BCUT2D eigenvalue weighted by Gasteiger charge is 2.38. The third kappa shape index (κ3) is 5.81. The van der Waals surface area contributed by atoms with E-state index in [-0.39, 0.29) is 17.4 Å². The lowest BCUT2D eigenvalue weighted by molar-refractivity contribution is -0.141. The van der Waals surface area contributed by atoms with Crippen LogP contribution in [0.15, 0.2) is 30.3 Å². The van der Waals surface area contributed by atoms with Crippen molar-refractivity contribution in [2.75, 3.05) is 32.7 Å². The fourth-order valence-electron chi connectivity index (χ4n) is 4.68. The highest BCUT2D eigenvalue weighted by Crippen LogP contribution is 2.30. The summed E-state index contributed by atoms with van der Waals surface area (Å²) in [5.41, 5.74) is 1.38. The van der Waals surface area contributed by atoms with Crippen LogP contribution < -0.4 is 0 Å².